The molecule has 0 amide bonds. The van der Waals surface area contributed by atoms with Crippen molar-refractivity contribution in [2.75, 3.05) is 0 Å². The van der Waals surface area contributed by atoms with Crippen molar-refractivity contribution in [3.05, 3.63) is 36.4 Å². The molecular formula is C8H7NO. The Kier molecular flexibility index (Phi) is 1.32. The van der Waals surface area contributed by atoms with Crippen molar-refractivity contribution in [2.45, 2.75) is 6.42 Å². The Bertz CT molecular complexity index is 209. The lowest BCUT2D eigenvalue weighted by Crippen LogP contribution is -2.21. The third-order valence-electron chi connectivity index (χ3n) is 1.48. The van der Waals surface area contributed by atoms with E-state index in [1.54, 1.807) is 0 Å². The average molecular weight is 133 g/mol. The summed E-state index contributed by atoms with van der Waals surface area (Å²) in [5, 5.41) is 0. The second-order valence-electron chi connectivity index (χ2n) is 2.17. The van der Waals surface area contributed by atoms with E-state index < -0.39 is 0 Å². The first-order valence-corrected chi connectivity index (χ1v) is 3.19. The number of para-hydroxylation sites is 1. The van der Waals surface area contributed by atoms with Crippen LogP contribution in [-0.4, -0.2) is 0 Å². The normalized spacial score (nSPS) is 15.6. The van der Waals surface area contributed by atoms with Gasteiger partial charge in [0.15, 0.2) is 0 Å². The molecule has 0 atom stereocenters. The largest absolute Gasteiger partial charge is 0.408 e. The number of rotatable bonds is 0. The van der Waals surface area contributed by atoms with Gasteiger partial charge in [0.2, 0.25) is 0 Å². The summed E-state index contributed by atoms with van der Waals surface area (Å²) in [6.07, 6.45) is 0.816. The van der Waals surface area contributed by atoms with Gasteiger partial charge in [0.25, 0.3) is 0 Å². The fourth-order valence-electron chi connectivity index (χ4n) is 0.972. The Balaban J connectivity index is 2.41. The van der Waals surface area contributed by atoms with E-state index in [0.717, 1.165) is 12.2 Å². The number of benzene rings is 1. The van der Waals surface area contributed by atoms with Gasteiger partial charge in [-0.05, 0) is 11.6 Å². The van der Waals surface area contributed by atoms with Gasteiger partial charge in [0, 0.05) is 6.42 Å². The molecule has 1 aliphatic rings. The van der Waals surface area contributed by atoms with E-state index >= 15 is 0 Å². The van der Waals surface area contributed by atoms with E-state index in [1.807, 2.05) is 24.3 Å². The molecule has 0 unspecified atom stereocenters. The molecule has 0 spiro atoms. The molecule has 1 heterocycles. The van der Waals surface area contributed by atoms with Crippen molar-refractivity contribution in [1.82, 2.24) is 5.48 Å². The molecule has 1 aliphatic heterocycles. The molecule has 2 heteroatoms. The minimum atomic E-state index is 0.816. The van der Waals surface area contributed by atoms with Gasteiger partial charge in [-0.25, -0.2) is 0 Å². The Labute approximate surface area is 59.8 Å². The zero-order valence-electron chi connectivity index (χ0n) is 5.42. The van der Waals surface area contributed by atoms with Crippen molar-refractivity contribution in [2.24, 2.45) is 0 Å². The first kappa shape index (κ1) is 5.74. The smallest absolute Gasteiger partial charge is 0.150 e. The fourth-order valence-corrected chi connectivity index (χ4v) is 0.972. The minimum absolute atomic E-state index is 0.816. The second-order valence-corrected chi connectivity index (χ2v) is 2.17. The summed E-state index contributed by atoms with van der Waals surface area (Å²) in [5.74, 6) is 0.904. The van der Waals surface area contributed by atoms with Crippen molar-refractivity contribution in [1.29, 1.82) is 0 Å². The molecule has 2 radical (unpaired) electrons. The molecule has 10 heavy (non-hydrogen) atoms. The first-order chi connectivity index (χ1) is 4.97. The number of hydrogen-bond acceptors (Lipinski definition) is 2. The maximum Gasteiger partial charge on any atom is 0.150 e. The summed E-state index contributed by atoms with van der Waals surface area (Å²) in [6.45, 7) is 2.87. The van der Waals surface area contributed by atoms with Crippen LogP contribution in [0.3, 0.4) is 0 Å². The standard InChI is InChI=1S/C8H7NO/c1-2-4-8-7(3-1)5-6-9-10-8/h1-4,9H,5H2. The predicted molar refractivity (Wildman–Crippen MR) is 37.2 cm³/mol. The van der Waals surface area contributed by atoms with Crippen LogP contribution >= 0.6 is 0 Å². The van der Waals surface area contributed by atoms with Crippen LogP contribution in [0.5, 0.6) is 5.75 Å². The maximum absolute atomic E-state index is 5.06. The molecule has 1 aromatic rings. The Morgan fingerprint density at radius 3 is 3.20 bits per heavy atom. The average Bonchev–Trinajstić information content (AvgIpc) is 2.05. The maximum atomic E-state index is 5.06. The van der Waals surface area contributed by atoms with Gasteiger partial charge in [-0.1, -0.05) is 18.2 Å². The quantitative estimate of drug-likeness (QED) is 0.573. The third-order valence-corrected chi connectivity index (χ3v) is 1.48. The minimum Gasteiger partial charge on any atom is -0.408 e. The third kappa shape index (κ3) is 0.866. The Morgan fingerprint density at radius 1 is 1.40 bits per heavy atom. The Morgan fingerprint density at radius 2 is 2.30 bits per heavy atom. The lowest BCUT2D eigenvalue weighted by Gasteiger charge is -2.15. The van der Waals surface area contributed by atoms with Crippen molar-refractivity contribution in [3.63, 3.8) is 0 Å². The monoisotopic (exact) mass is 133 g/mol. The second kappa shape index (κ2) is 2.31. The molecule has 1 N–H and O–H groups in total. The van der Waals surface area contributed by atoms with Gasteiger partial charge in [-0.2, -0.15) is 0 Å². The molecular weight excluding hydrogens is 126 g/mol. The van der Waals surface area contributed by atoms with Crippen molar-refractivity contribution < 1.29 is 4.84 Å². The van der Waals surface area contributed by atoms with Crippen LogP contribution in [0.4, 0.5) is 0 Å². The van der Waals surface area contributed by atoms with E-state index in [4.69, 9.17) is 4.84 Å². The summed E-state index contributed by atoms with van der Waals surface area (Å²) in [4.78, 5) is 5.06. The van der Waals surface area contributed by atoms with E-state index in [1.165, 1.54) is 5.56 Å². The molecule has 0 aliphatic carbocycles. The summed E-state index contributed by atoms with van der Waals surface area (Å²) < 4.78 is 0. The molecule has 50 valence electrons. The van der Waals surface area contributed by atoms with Crippen LogP contribution in [0.1, 0.15) is 5.56 Å². The van der Waals surface area contributed by atoms with Crippen LogP contribution in [0, 0.1) is 6.54 Å². The van der Waals surface area contributed by atoms with Crippen LogP contribution in [0.2, 0.25) is 0 Å². The lowest BCUT2D eigenvalue weighted by molar-refractivity contribution is 0.207. The predicted octanol–water partition coefficient (Wildman–Crippen LogP) is 1.16. The lowest BCUT2D eigenvalue weighted by atomic mass is 10.1. The SMILES string of the molecule is [C]1Cc2ccccc2ON1. The number of hydrogen-bond donors (Lipinski definition) is 1. The topological polar surface area (TPSA) is 21.3 Å². The van der Waals surface area contributed by atoms with Gasteiger partial charge >= 0.3 is 0 Å². The van der Waals surface area contributed by atoms with Crippen LogP contribution in [-0.2, 0) is 6.42 Å². The van der Waals surface area contributed by atoms with E-state index in [0.29, 0.717) is 0 Å². The number of nitrogens with one attached hydrogen (secondary N) is 1. The summed E-state index contributed by atoms with van der Waals surface area (Å²) in [7, 11) is 0. The van der Waals surface area contributed by atoms with E-state index in [2.05, 4.69) is 12.0 Å². The molecule has 1 aromatic carbocycles. The molecule has 0 saturated carbocycles. The van der Waals surface area contributed by atoms with Gasteiger partial charge in [0.05, 0.1) is 0 Å². The highest BCUT2D eigenvalue weighted by molar-refractivity contribution is 5.35. The summed E-state index contributed by atoms with van der Waals surface area (Å²) >= 11 is 0. The van der Waals surface area contributed by atoms with Crippen molar-refractivity contribution >= 4 is 0 Å². The number of fused-ring (bicyclic) bond motifs is 1. The highest BCUT2D eigenvalue weighted by Crippen LogP contribution is 2.20. The van der Waals surface area contributed by atoms with E-state index in [9.17, 15) is 0 Å². The molecule has 2 nitrogen and oxygen atoms in total. The van der Waals surface area contributed by atoms with Crippen LogP contribution < -0.4 is 10.3 Å². The summed E-state index contributed by atoms with van der Waals surface area (Å²) in [6, 6.07) is 7.91. The highest BCUT2D eigenvalue weighted by atomic mass is 16.6. The summed E-state index contributed by atoms with van der Waals surface area (Å²) in [5.41, 5.74) is 3.77. The molecule has 0 bridgehead atoms. The number of hydroxylamine groups is 1. The van der Waals surface area contributed by atoms with Gasteiger partial charge in [0.1, 0.15) is 12.3 Å². The highest BCUT2D eigenvalue weighted by Gasteiger charge is 2.07. The zero-order chi connectivity index (χ0) is 6.81. The van der Waals surface area contributed by atoms with Crippen molar-refractivity contribution in [3.8, 4) is 5.75 Å². The Hall–Kier alpha value is -1.02. The molecule has 2 rings (SSSR count). The fraction of sp³-hybridized carbons (Fsp3) is 0.125. The van der Waals surface area contributed by atoms with Gasteiger partial charge in [-0.15, -0.1) is 5.48 Å². The molecule has 0 saturated heterocycles. The molecule has 0 fully saturated rings. The van der Waals surface area contributed by atoms with E-state index in [-0.39, 0.29) is 0 Å². The van der Waals surface area contributed by atoms with Gasteiger partial charge in [-0.3, -0.25) is 0 Å². The van der Waals surface area contributed by atoms with Crippen LogP contribution in [0.15, 0.2) is 24.3 Å². The van der Waals surface area contributed by atoms with Gasteiger partial charge < -0.3 is 4.84 Å². The zero-order valence-corrected chi connectivity index (χ0v) is 5.42. The van der Waals surface area contributed by atoms with Crippen LogP contribution in [0.25, 0.3) is 0 Å². The first-order valence-electron chi connectivity index (χ1n) is 3.19. The molecule has 0 aromatic heterocycles.